The molecule has 4 rings (SSSR count). The van der Waals surface area contributed by atoms with Crippen LogP contribution < -0.4 is 0 Å². The number of benzene rings is 3. The number of aromatic nitrogens is 1. The first-order valence-corrected chi connectivity index (χ1v) is 11.7. The topological polar surface area (TPSA) is 36.4 Å². The number of rotatable bonds is 8. The van der Waals surface area contributed by atoms with E-state index >= 15 is 0 Å². The van der Waals surface area contributed by atoms with Gasteiger partial charge in [-0.3, -0.25) is 4.98 Å². The molecule has 0 unspecified atom stereocenters. The van der Waals surface area contributed by atoms with Crippen LogP contribution in [0.15, 0.2) is 91.1 Å². The Bertz CT molecular complexity index is 1240. The normalized spacial score (nSPS) is 14.0. The van der Waals surface area contributed by atoms with Crippen LogP contribution in [0.3, 0.4) is 0 Å². The van der Waals surface area contributed by atoms with Crippen molar-refractivity contribution in [2.75, 3.05) is 20.6 Å². The quantitative estimate of drug-likeness (QED) is 0.299. The summed E-state index contributed by atoms with van der Waals surface area (Å²) in [6, 6.07) is 23.9. The van der Waals surface area contributed by atoms with Gasteiger partial charge in [0.1, 0.15) is 17.2 Å². The molecule has 3 aromatic carbocycles. The fraction of sp³-hybridized carbons (Fsp3) is 0.207. The Hall–Kier alpha value is -3.12. The molecule has 0 radical (unpaired) electrons. The van der Waals surface area contributed by atoms with Crippen molar-refractivity contribution in [3.63, 3.8) is 0 Å². The number of hydrogen-bond donors (Lipinski definition) is 1. The minimum Gasteiger partial charge on any atom is -0.384 e. The number of hydrogen-bond acceptors (Lipinski definition) is 3. The fourth-order valence-corrected chi connectivity index (χ4v) is 4.50. The molecule has 3 nitrogen and oxygen atoms in total. The van der Waals surface area contributed by atoms with Gasteiger partial charge in [-0.15, -0.1) is 0 Å². The molecule has 1 aromatic heterocycles. The second-order valence-electron chi connectivity index (χ2n) is 8.96. The van der Waals surface area contributed by atoms with Crippen LogP contribution in [0, 0.1) is 11.6 Å². The third-order valence-corrected chi connectivity index (χ3v) is 6.42. The SMILES string of the molecule is CN(C)CC[C@](O)(c1cc(F)cc(F)c1)[C@@H](c1ccccc1)c1ccc(-c2ccc(Cl)cc2)cn1. The van der Waals surface area contributed by atoms with E-state index in [4.69, 9.17) is 16.6 Å². The third kappa shape index (κ3) is 5.76. The zero-order chi connectivity index (χ0) is 25.0. The van der Waals surface area contributed by atoms with Gasteiger partial charge in [-0.1, -0.05) is 60.1 Å². The molecule has 180 valence electrons. The molecule has 2 atom stereocenters. The highest BCUT2D eigenvalue weighted by molar-refractivity contribution is 6.30. The summed E-state index contributed by atoms with van der Waals surface area (Å²) in [4.78, 5) is 6.65. The first-order valence-electron chi connectivity index (χ1n) is 11.4. The second kappa shape index (κ2) is 10.6. The van der Waals surface area contributed by atoms with Gasteiger partial charge in [0.05, 0.1) is 11.6 Å². The highest BCUT2D eigenvalue weighted by Gasteiger charge is 2.41. The van der Waals surface area contributed by atoms with Crippen LogP contribution in [0.25, 0.3) is 11.1 Å². The van der Waals surface area contributed by atoms with Crippen molar-refractivity contribution >= 4 is 11.6 Å². The zero-order valence-corrected chi connectivity index (χ0v) is 20.4. The van der Waals surface area contributed by atoms with E-state index in [9.17, 15) is 13.9 Å². The van der Waals surface area contributed by atoms with Crippen molar-refractivity contribution < 1.29 is 13.9 Å². The van der Waals surface area contributed by atoms with Gasteiger partial charge in [-0.25, -0.2) is 8.78 Å². The maximum atomic E-state index is 14.3. The molecule has 35 heavy (non-hydrogen) atoms. The van der Waals surface area contributed by atoms with Gasteiger partial charge in [-0.05, 0) is 67.5 Å². The lowest BCUT2D eigenvalue weighted by molar-refractivity contribution is 0.00286. The van der Waals surface area contributed by atoms with Crippen molar-refractivity contribution in [1.29, 1.82) is 0 Å². The molecule has 0 fully saturated rings. The molecule has 0 saturated carbocycles. The molecule has 0 aliphatic carbocycles. The summed E-state index contributed by atoms with van der Waals surface area (Å²) < 4.78 is 28.6. The second-order valence-corrected chi connectivity index (χ2v) is 9.39. The van der Waals surface area contributed by atoms with Gasteiger partial charge < -0.3 is 10.0 Å². The molecular formula is C29H27ClF2N2O. The summed E-state index contributed by atoms with van der Waals surface area (Å²) in [5, 5.41) is 12.9. The average Bonchev–Trinajstić information content (AvgIpc) is 2.84. The van der Waals surface area contributed by atoms with E-state index in [1.54, 1.807) is 6.20 Å². The average molecular weight is 493 g/mol. The highest BCUT2D eigenvalue weighted by atomic mass is 35.5. The van der Waals surface area contributed by atoms with E-state index in [0.717, 1.165) is 22.8 Å². The first kappa shape index (κ1) is 25.0. The Labute approximate surface area is 209 Å². The molecule has 0 aliphatic rings. The molecule has 0 saturated heterocycles. The number of pyridine rings is 1. The van der Waals surface area contributed by atoms with Gasteiger partial charge in [0.15, 0.2) is 0 Å². The molecule has 0 spiro atoms. The fourth-order valence-electron chi connectivity index (χ4n) is 4.38. The number of halogens is 3. The van der Waals surface area contributed by atoms with Crippen molar-refractivity contribution in [2.45, 2.75) is 17.9 Å². The Morgan fingerprint density at radius 1 is 0.886 bits per heavy atom. The van der Waals surface area contributed by atoms with E-state index in [0.29, 0.717) is 17.3 Å². The van der Waals surface area contributed by atoms with Crippen molar-refractivity contribution in [3.8, 4) is 11.1 Å². The maximum Gasteiger partial charge on any atom is 0.126 e. The molecule has 0 bridgehead atoms. The van der Waals surface area contributed by atoms with Crippen molar-refractivity contribution in [2.24, 2.45) is 0 Å². The predicted octanol–water partition coefficient (Wildman–Crippen LogP) is 6.65. The Balaban J connectivity index is 1.85. The van der Waals surface area contributed by atoms with Crippen LogP contribution in [0.2, 0.25) is 5.02 Å². The molecule has 6 heteroatoms. The standard InChI is InChI=1S/C29H27ClF2N2O/c1-34(2)15-14-29(35,23-16-25(31)18-26(32)17-23)28(21-6-4-3-5-7-21)27-13-10-22(19-33-27)20-8-11-24(30)12-9-20/h3-13,16-19,28,35H,14-15H2,1-2H3/t28-,29-/m0/s1. The van der Waals surface area contributed by atoms with E-state index in [2.05, 4.69) is 0 Å². The lowest BCUT2D eigenvalue weighted by atomic mass is 9.73. The van der Waals surface area contributed by atoms with Gasteiger partial charge in [-0.2, -0.15) is 0 Å². The van der Waals surface area contributed by atoms with Crippen molar-refractivity contribution in [1.82, 2.24) is 9.88 Å². The van der Waals surface area contributed by atoms with Crippen LogP contribution in [0.5, 0.6) is 0 Å². The minimum atomic E-state index is -1.62. The zero-order valence-electron chi connectivity index (χ0n) is 19.6. The largest absolute Gasteiger partial charge is 0.384 e. The summed E-state index contributed by atoms with van der Waals surface area (Å²) in [6.45, 7) is 0.501. The van der Waals surface area contributed by atoms with Gasteiger partial charge in [0.2, 0.25) is 0 Å². The third-order valence-electron chi connectivity index (χ3n) is 6.17. The van der Waals surface area contributed by atoms with Gasteiger partial charge >= 0.3 is 0 Å². The van der Waals surface area contributed by atoms with E-state index in [1.165, 1.54) is 12.1 Å². The van der Waals surface area contributed by atoms with Crippen LogP contribution in [-0.2, 0) is 5.60 Å². The van der Waals surface area contributed by atoms with E-state index in [1.807, 2.05) is 85.7 Å². The highest BCUT2D eigenvalue weighted by Crippen LogP contribution is 2.44. The van der Waals surface area contributed by atoms with E-state index < -0.39 is 23.2 Å². The smallest absolute Gasteiger partial charge is 0.126 e. The summed E-state index contributed by atoms with van der Waals surface area (Å²) in [6.07, 6.45) is 1.98. The molecule has 1 heterocycles. The van der Waals surface area contributed by atoms with Crippen LogP contribution >= 0.6 is 11.6 Å². The van der Waals surface area contributed by atoms with Crippen LogP contribution in [-0.4, -0.2) is 35.6 Å². The minimum absolute atomic E-state index is 0.175. The maximum absolute atomic E-state index is 14.3. The van der Waals surface area contributed by atoms with Crippen molar-refractivity contribution in [3.05, 3.63) is 125 Å². The van der Waals surface area contributed by atoms with Crippen LogP contribution in [0.1, 0.15) is 29.2 Å². The lowest BCUT2D eigenvalue weighted by Crippen LogP contribution is -2.38. The summed E-state index contributed by atoms with van der Waals surface area (Å²) in [5.74, 6) is -2.13. The molecule has 0 amide bonds. The molecule has 0 aliphatic heterocycles. The number of nitrogens with zero attached hydrogens (tertiary/aromatic N) is 2. The molecule has 4 aromatic rings. The predicted molar refractivity (Wildman–Crippen MR) is 136 cm³/mol. The Kier molecular flexibility index (Phi) is 7.60. The van der Waals surface area contributed by atoms with Gasteiger partial charge in [0.25, 0.3) is 0 Å². The summed E-state index contributed by atoms with van der Waals surface area (Å²) in [7, 11) is 3.78. The summed E-state index contributed by atoms with van der Waals surface area (Å²) >= 11 is 6.02. The molecule has 1 N–H and O–H groups in total. The Morgan fingerprint density at radius 3 is 2.09 bits per heavy atom. The first-order chi connectivity index (χ1) is 16.8. The monoisotopic (exact) mass is 492 g/mol. The van der Waals surface area contributed by atoms with Crippen LogP contribution in [0.4, 0.5) is 8.78 Å². The summed E-state index contributed by atoms with van der Waals surface area (Å²) in [5.41, 5.74) is 1.80. The van der Waals surface area contributed by atoms with Gasteiger partial charge in [0, 0.05) is 29.4 Å². The number of aliphatic hydroxyl groups is 1. The molecular weight excluding hydrogens is 466 g/mol. The van der Waals surface area contributed by atoms with E-state index in [-0.39, 0.29) is 12.0 Å². The lowest BCUT2D eigenvalue weighted by Gasteiger charge is -2.38. The Morgan fingerprint density at radius 2 is 1.51 bits per heavy atom.